The summed E-state index contributed by atoms with van der Waals surface area (Å²) in [6.45, 7) is 3.48. The van der Waals surface area contributed by atoms with Gasteiger partial charge in [-0.25, -0.2) is 8.78 Å². The molecule has 0 unspecified atom stereocenters. The van der Waals surface area contributed by atoms with Crippen LogP contribution in [0.15, 0.2) is 12.1 Å². The first-order valence-electron chi connectivity index (χ1n) is 4.28. The van der Waals surface area contributed by atoms with Crippen LogP contribution < -0.4 is 5.46 Å². The van der Waals surface area contributed by atoms with Crippen LogP contribution in [0.4, 0.5) is 8.78 Å². The Balaban J connectivity index is 3.27. The van der Waals surface area contributed by atoms with Gasteiger partial charge in [-0.05, 0) is 11.5 Å². The van der Waals surface area contributed by atoms with Gasteiger partial charge in [0.2, 0.25) is 0 Å². The van der Waals surface area contributed by atoms with Crippen molar-refractivity contribution in [2.45, 2.75) is 19.8 Å². The van der Waals surface area contributed by atoms with Crippen molar-refractivity contribution < 1.29 is 18.8 Å². The molecule has 0 spiro atoms. The molecule has 2 N–H and O–H groups in total. The summed E-state index contributed by atoms with van der Waals surface area (Å²) in [7, 11) is -1.91. The Morgan fingerprint density at radius 3 is 2.14 bits per heavy atom. The molecular weight excluding hydrogens is 189 g/mol. The molecule has 1 aromatic carbocycles. The van der Waals surface area contributed by atoms with Crippen LogP contribution in [-0.4, -0.2) is 17.2 Å². The number of halogens is 2. The smallest absolute Gasteiger partial charge is 0.423 e. The molecule has 0 atom stereocenters. The largest absolute Gasteiger partial charge is 0.491 e. The highest BCUT2D eigenvalue weighted by molar-refractivity contribution is 6.58. The molecule has 0 bridgehead atoms. The highest BCUT2D eigenvalue weighted by Crippen LogP contribution is 2.17. The van der Waals surface area contributed by atoms with Crippen molar-refractivity contribution >= 4 is 12.6 Å². The predicted octanol–water partition coefficient (Wildman–Crippen LogP) is 0.768. The minimum absolute atomic E-state index is 0.131. The Labute approximate surface area is 81.3 Å². The van der Waals surface area contributed by atoms with E-state index in [4.69, 9.17) is 10.0 Å². The number of rotatable bonds is 2. The van der Waals surface area contributed by atoms with Crippen molar-refractivity contribution in [1.82, 2.24) is 0 Å². The second-order valence-corrected chi connectivity index (χ2v) is 3.42. The average molecular weight is 200 g/mol. The summed E-state index contributed by atoms with van der Waals surface area (Å²) in [5, 5.41) is 17.6. The summed E-state index contributed by atoms with van der Waals surface area (Å²) in [5.74, 6) is -1.74. The highest BCUT2D eigenvalue weighted by atomic mass is 19.1. The monoisotopic (exact) mass is 200 g/mol. The third-order valence-corrected chi connectivity index (χ3v) is 2.02. The molecule has 1 aromatic rings. The molecule has 0 amide bonds. The molecule has 2 nitrogen and oxygen atoms in total. The lowest BCUT2D eigenvalue weighted by atomic mass is 9.78. The SMILES string of the molecule is CC(C)c1cc(B(O)O)c(F)cc1F. The first kappa shape index (κ1) is 11.1. The van der Waals surface area contributed by atoms with Gasteiger partial charge >= 0.3 is 7.12 Å². The molecule has 0 aliphatic carbocycles. The standard InChI is InChI=1S/C9H11BF2O2/c1-5(2)6-3-7(10(13)14)9(12)4-8(6)11/h3-5,13-14H,1-2H3. The maximum atomic E-state index is 13.1. The van der Waals surface area contributed by atoms with Crippen LogP contribution >= 0.6 is 0 Å². The molecule has 14 heavy (non-hydrogen) atoms. The van der Waals surface area contributed by atoms with E-state index in [0.717, 1.165) is 6.07 Å². The second-order valence-electron chi connectivity index (χ2n) is 3.42. The van der Waals surface area contributed by atoms with Crippen molar-refractivity contribution in [1.29, 1.82) is 0 Å². The van der Waals surface area contributed by atoms with Gasteiger partial charge in [0.25, 0.3) is 0 Å². The number of benzene rings is 1. The van der Waals surface area contributed by atoms with Gasteiger partial charge < -0.3 is 10.0 Å². The van der Waals surface area contributed by atoms with Crippen molar-refractivity contribution in [2.75, 3.05) is 0 Å². The van der Waals surface area contributed by atoms with Crippen LogP contribution in [0.3, 0.4) is 0 Å². The third kappa shape index (κ3) is 2.11. The molecule has 0 aliphatic heterocycles. The van der Waals surface area contributed by atoms with Crippen molar-refractivity contribution in [3.05, 3.63) is 29.3 Å². The van der Waals surface area contributed by atoms with E-state index in [1.54, 1.807) is 13.8 Å². The predicted molar refractivity (Wildman–Crippen MR) is 50.3 cm³/mol. The Hall–Kier alpha value is -0.935. The van der Waals surface area contributed by atoms with E-state index in [0.29, 0.717) is 6.07 Å². The Bertz CT molecular complexity index is 311. The lowest BCUT2D eigenvalue weighted by Crippen LogP contribution is -2.33. The minimum Gasteiger partial charge on any atom is -0.423 e. The van der Waals surface area contributed by atoms with Gasteiger partial charge in [-0.1, -0.05) is 19.9 Å². The molecule has 5 heteroatoms. The summed E-state index contributed by atoms with van der Waals surface area (Å²) < 4.78 is 26.1. The van der Waals surface area contributed by atoms with E-state index in [2.05, 4.69) is 0 Å². The third-order valence-electron chi connectivity index (χ3n) is 2.02. The zero-order valence-electron chi connectivity index (χ0n) is 7.96. The lowest BCUT2D eigenvalue weighted by Gasteiger charge is -2.10. The highest BCUT2D eigenvalue weighted by Gasteiger charge is 2.20. The first-order chi connectivity index (χ1) is 6.43. The number of hydrogen-bond donors (Lipinski definition) is 2. The van der Waals surface area contributed by atoms with Crippen LogP contribution in [-0.2, 0) is 0 Å². The molecule has 0 fully saturated rings. The topological polar surface area (TPSA) is 40.5 Å². The lowest BCUT2D eigenvalue weighted by molar-refractivity contribution is 0.422. The molecule has 0 saturated carbocycles. The molecule has 76 valence electrons. The van der Waals surface area contributed by atoms with E-state index in [1.807, 2.05) is 0 Å². The Morgan fingerprint density at radius 2 is 1.71 bits per heavy atom. The molecule has 0 aromatic heterocycles. The normalized spacial score (nSPS) is 10.8. The van der Waals surface area contributed by atoms with Crippen molar-refractivity contribution in [2.24, 2.45) is 0 Å². The van der Waals surface area contributed by atoms with E-state index in [-0.39, 0.29) is 16.9 Å². The quantitative estimate of drug-likeness (QED) is 0.692. The van der Waals surface area contributed by atoms with Gasteiger partial charge in [0, 0.05) is 11.5 Å². The zero-order valence-corrected chi connectivity index (χ0v) is 7.96. The molecule has 1 rings (SSSR count). The zero-order chi connectivity index (χ0) is 10.9. The Kier molecular flexibility index (Phi) is 3.23. The van der Waals surface area contributed by atoms with Crippen molar-refractivity contribution in [3.8, 4) is 0 Å². The minimum atomic E-state index is -1.91. The van der Waals surface area contributed by atoms with Crippen LogP contribution in [0.2, 0.25) is 0 Å². The summed E-state index contributed by atoms with van der Waals surface area (Å²) >= 11 is 0. The van der Waals surface area contributed by atoms with E-state index < -0.39 is 18.8 Å². The molecule has 0 radical (unpaired) electrons. The van der Waals surface area contributed by atoms with Gasteiger partial charge in [-0.2, -0.15) is 0 Å². The summed E-state index contributed by atoms with van der Waals surface area (Å²) in [6.07, 6.45) is 0. The Morgan fingerprint density at radius 1 is 1.14 bits per heavy atom. The fourth-order valence-electron chi connectivity index (χ4n) is 1.22. The van der Waals surface area contributed by atoms with Crippen LogP contribution in [0.25, 0.3) is 0 Å². The van der Waals surface area contributed by atoms with Gasteiger partial charge in [0.15, 0.2) is 0 Å². The molecule has 0 heterocycles. The van der Waals surface area contributed by atoms with Crippen LogP contribution in [0.1, 0.15) is 25.3 Å². The summed E-state index contributed by atoms with van der Waals surface area (Å²) in [5.41, 5.74) is -0.0235. The fraction of sp³-hybridized carbons (Fsp3) is 0.333. The molecular formula is C9H11BF2O2. The second kappa shape index (κ2) is 4.06. The first-order valence-corrected chi connectivity index (χ1v) is 4.28. The summed E-state index contributed by atoms with van der Waals surface area (Å²) in [4.78, 5) is 0. The average Bonchev–Trinajstić information content (AvgIpc) is 2.02. The molecule has 0 saturated heterocycles. The van der Waals surface area contributed by atoms with Crippen molar-refractivity contribution in [3.63, 3.8) is 0 Å². The van der Waals surface area contributed by atoms with E-state index in [9.17, 15) is 8.78 Å². The summed E-state index contributed by atoms with van der Waals surface area (Å²) in [6, 6.07) is 1.81. The van der Waals surface area contributed by atoms with Gasteiger partial charge in [-0.3, -0.25) is 0 Å². The van der Waals surface area contributed by atoms with Crippen LogP contribution in [0.5, 0.6) is 0 Å². The fourth-order valence-corrected chi connectivity index (χ4v) is 1.22. The maximum absolute atomic E-state index is 13.1. The maximum Gasteiger partial charge on any atom is 0.491 e. The van der Waals surface area contributed by atoms with Crippen LogP contribution in [0, 0.1) is 11.6 Å². The molecule has 0 aliphatic rings. The van der Waals surface area contributed by atoms with E-state index in [1.165, 1.54) is 0 Å². The van der Waals surface area contributed by atoms with Gasteiger partial charge in [0.1, 0.15) is 11.6 Å². The van der Waals surface area contributed by atoms with Gasteiger partial charge in [-0.15, -0.1) is 0 Å². The number of hydrogen-bond acceptors (Lipinski definition) is 2. The van der Waals surface area contributed by atoms with E-state index >= 15 is 0 Å². The van der Waals surface area contributed by atoms with Gasteiger partial charge in [0.05, 0.1) is 0 Å².